The highest BCUT2D eigenvalue weighted by Gasteiger charge is 2.17. The van der Waals surface area contributed by atoms with Crippen LogP contribution >= 0.6 is 0 Å². The summed E-state index contributed by atoms with van der Waals surface area (Å²) in [5.74, 6) is 0.255. The van der Waals surface area contributed by atoms with Crippen molar-refractivity contribution in [3.63, 3.8) is 0 Å². The highest BCUT2D eigenvalue weighted by Crippen LogP contribution is 2.22. The van der Waals surface area contributed by atoms with E-state index in [2.05, 4.69) is 4.72 Å². The number of nitrogens with one attached hydrogen (secondary N) is 1. The maximum absolute atomic E-state index is 12.4. The van der Waals surface area contributed by atoms with Crippen LogP contribution < -0.4 is 9.86 Å². The molecule has 0 aromatic heterocycles. The number of rotatable bonds is 5. The predicted octanol–water partition coefficient (Wildman–Crippen LogP) is 2.26. The van der Waals surface area contributed by atoms with Crippen LogP contribution in [0, 0.1) is 0 Å². The van der Waals surface area contributed by atoms with Crippen LogP contribution in [0.2, 0.25) is 0 Å². The molecule has 0 saturated carbocycles. The van der Waals surface area contributed by atoms with E-state index in [1.165, 1.54) is 18.2 Å². The van der Waals surface area contributed by atoms with Gasteiger partial charge in [0.2, 0.25) is 10.0 Å². The Hall–Kier alpha value is -1.90. The van der Waals surface area contributed by atoms with E-state index in [0.717, 1.165) is 11.6 Å². The van der Waals surface area contributed by atoms with Crippen molar-refractivity contribution in [3.05, 3.63) is 54.1 Å². The van der Waals surface area contributed by atoms with E-state index in [1.807, 2.05) is 19.9 Å². The van der Waals surface area contributed by atoms with Crippen LogP contribution in [0.5, 0.6) is 0 Å². The highest BCUT2D eigenvalue weighted by molar-refractivity contribution is 7.93. The van der Waals surface area contributed by atoms with E-state index in [1.54, 1.807) is 18.2 Å². The second-order valence-corrected chi connectivity index (χ2v) is 8.65. The minimum absolute atomic E-state index is 0.168. The van der Waals surface area contributed by atoms with Gasteiger partial charge in [0.15, 0.2) is 0 Å². The Morgan fingerprint density at radius 2 is 1.52 bits per heavy atom. The number of hydrogen-bond donors (Lipinski definition) is 2. The molecule has 0 saturated heterocycles. The van der Waals surface area contributed by atoms with Gasteiger partial charge >= 0.3 is 0 Å². The zero-order valence-corrected chi connectivity index (χ0v) is 14.4. The van der Waals surface area contributed by atoms with E-state index < -0.39 is 20.0 Å². The Balaban J connectivity index is 2.38. The van der Waals surface area contributed by atoms with Crippen LogP contribution in [0.3, 0.4) is 0 Å². The lowest BCUT2D eigenvalue weighted by Gasteiger charge is -2.11. The molecule has 124 valence electrons. The lowest BCUT2D eigenvalue weighted by molar-refractivity contribution is 0.597. The standard InChI is InChI=1S/C15H18N2O4S2/c1-11(2)12-5-3-6-13(9-12)17-23(20,21)15-8-4-7-14(10-15)22(16,18)19/h3-11,17H,1-2H3,(H2,16,18,19). The Labute approximate surface area is 136 Å². The number of sulfonamides is 2. The number of benzene rings is 2. The fourth-order valence-corrected chi connectivity index (χ4v) is 3.72. The third kappa shape index (κ3) is 4.31. The van der Waals surface area contributed by atoms with E-state index >= 15 is 0 Å². The highest BCUT2D eigenvalue weighted by atomic mass is 32.2. The molecule has 6 nitrogen and oxygen atoms in total. The summed E-state index contributed by atoms with van der Waals surface area (Å²) < 4.78 is 50.0. The number of primary sulfonamides is 1. The molecule has 23 heavy (non-hydrogen) atoms. The van der Waals surface area contributed by atoms with Crippen molar-refractivity contribution in [2.24, 2.45) is 5.14 Å². The van der Waals surface area contributed by atoms with Gasteiger partial charge in [-0.15, -0.1) is 0 Å². The average Bonchev–Trinajstić information content (AvgIpc) is 2.46. The Kier molecular flexibility index (Phi) is 4.79. The summed E-state index contributed by atoms with van der Waals surface area (Å²) >= 11 is 0. The van der Waals surface area contributed by atoms with Crippen LogP contribution in [0.25, 0.3) is 0 Å². The molecule has 0 aliphatic heterocycles. The van der Waals surface area contributed by atoms with Gasteiger partial charge in [0.05, 0.1) is 9.79 Å². The first-order valence-corrected chi connectivity index (χ1v) is 9.88. The van der Waals surface area contributed by atoms with Crippen LogP contribution in [0.15, 0.2) is 58.3 Å². The maximum atomic E-state index is 12.4. The van der Waals surface area contributed by atoms with Crippen LogP contribution in [0.1, 0.15) is 25.3 Å². The molecular weight excluding hydrogens is 336 g/mol. The monoisotopic (exact) mass is 354 g/mol. The summed E-state index contributed by atoms with van der Waals surface area (Å²) in [5, 5.41) is 5.03. The molecule has 0 radical (unpaired) electrons. The normalized spacial score (nSPS) is 12.3. The van der Waals surface area contributed by atoms with Crippen molar-refractivity contribution < 1.29 is 16.8 Å². The van der Waals surface area contributed by atoms with E-state index in [0.29, 0.717) is 5.69 Å². The lowest BCUT2D eigenvalue weighted by atomic mass is 10.0. The molecule has 0 bridgehead atoms. The van der Waals surface area contributed by atoms with Gasteiger partial charge in [-0.2, -0.15) is 0 Å². The molecular formula is C15H18N2O4S2. The molecule has 0 unspecified atom stereocenters. The predicted molar refractivity (Wildman–Crippen MR) is 89.2 cm³/mol. The van der Waals surface area contributed by atoms with Crippen molar-refractivity contribution in [1.82, 2.24) is 0 Å². The quantitative estimate of drug-likeness (QED) is 0.859. The third-order valence-corrected chi connectivity index (χ3v) is 5.54. The molecule has 2 rings (SSSR count). The van der Waals surface area contributed by atoms with E-state index in [4.69, 9.17) is 5.14 Å². The van der Waals surface area contributed by atoms with Crippen LogP contribution in [0.4, 0.5) is 5.69 Å². The molecule has 3 N–H and O–H groups in total. The van der Waals surface area contributed by atoms with Gasteiger partial charge in [-0.25, -0.2) is 22.0 Å². The first kappa shape index (κ1) is 17.5. The summed E-state index contributed by atoms with van der Waals surface area (Å²) in [6.45, 7) is 4.01. The minimum atomic E-state index is -3.97. The van der Waals surface area contributed by atoms with E-state index in [-0.39, 0.29) is 15.7 Å². The minimum Gasteiger partial charge on any atom is -0.280 e. The van der Waals surface area contributed by atoms with Crippen molar-refractivity contribution >= 4 is 25.7 Å². The lowest BCUT2D eigenvalue weighted by Crippen LogP contribution is -2.16. The summed E-state index contributed by atoms with van der Waals surface area (Å²) in [7, 11) is -7.88. The molecule has 0 atom stereocenters. The van der Waals surface area contributed by atoms with Crippen LogP contribution in [-0.4, -0.2) is 16.8 Å². The number of anilines is 1. The van der Waals surface area contributed by atoms with Crippen molar-refractivity contribution in [1.29, 1.82) is 0 Å². The van der Waals surface area contributed by atoms with Crippen molar-refractivity contribution in [2.75, 3.05) is 4.72 Å². The number of nitrogens with two attached hydrogens (primary N) is 1. The van der Waals surface area contributed by atoms with Crippen molar-refractivity contribution in [3.8, 4) is 0 Å². The second kappa shape index (κ2) is 6.31. The van der Waals surface area contributed by atoms with Crippen LogP contribution in [-0.2, 0) is 20.0 Å². The zero-order chi connectivity index (χ0) is 17.3. The SMILES string of the molecule is CC(C)c1cccc(NS(=O)(=O)c2cccc(S(N)(=O)=O)c2)c1. The molecule has 0 heterocycles. The van der Waals surface area contributed by atoms with Gasteiger partial charge in [-0.05, 0) is 41.8 Å². The van der Waals surface area contributed by atoms with E-state index in [9.17, 15) is 16.8 Å². The molecule has 8 heteroatoms. The number of hydrogen-bond acceptors (Lipinski definition) is 4. The maximum Gasteiger partial charge on any atom is 0.261 e. The van der Waals surface area contributed by atoms with Gasteiger partial charge in [-0.3, -0.25) is 4.72 Å². The first-order valence-electron chi connectivity index (χ1n) is 6.85. The zero-order valence-electron chi connectivity index (χ0n) is 12.7. The summed E-state index contributed by atoms with van der Waals surface area (Å²) in [6, 6.07) is 12.0. The molecule has 0 spiro atoms. The van der Waals surface area contributed by atoms with Crippen molar-refractivity contribution in [2.45, 2.75) is 29.6 Å². The summed E-state index contributed by atoms with van der Waals surface area (Å²) in [6.07, 6.45) is 0. The van der Waals surface area contributed by atoms with Gasteiger partial charge < -0.3 is 0 Å². The van der Waals surface area contributed by atoms with Gasteiger partial charge in [0.1, 0.15) is 0 Å². The summed E-state index contributed by atoms with van der Waals surface area (Å²) in [5.41, 5.74) is 1.40. The van der Waals surface area contributed by atoms with Gasteiger partial charge in [0.25, 0.3) is 10.0 Å². The third-order valence-electron chi connectivity index (χ3n) is 3.25. The Bertz CT molecular complexity index is 920. The fraction of sp³-hybridized carbons (Fsp3) is 0.200. The molecule has 2 aromatic rings. The molecule has 2 aromatic carbocycles. The molecule has 0 aliphatic carbocycles. The fourth-order valence-electron chi connectivity index (χ4n) is 1.99. The average molecular weight is 354 g/mol. The molecule has 0 fully saturated rings. The smallest absolute Gasteiger partial charge is 0.261 e. The first-order chi connectivity index (χ1) is 10.6. The molecule has 0 aliphatic rings. The van der Waals surface area contributed by atoms with Gasteiger partial charge in [-0.1, -0.05) is 32.0 Å². The molecule has 0 amide bonds. The second-order valence-electron chi connectivity index (χ2n) is 5.41. The topological polar surface area (TPSA) is 106 Å². The Morgan fingerprint density at radius 3 is 2.13 bits per heavy atom. The van der Waals surface area contributed by atoms with Gasteiger partial charge in [0, 0.05) is 5.69 Å². The Morgan fingerprint density at radius 1 is 0.913 bits per heavy atom. The largest absolute Gasteiger partial charge is 0.280 e. The summed E-state index contributed by atoms with van der Waals surface area (Å²) in [4.78, 5) is -0.421.